The lowest BCUT2D eigenvalue weighted by Gasteiger charge is -2.17. The lowest BCUT2D eigenvalue weighted by Crippen LogP contribution is -2.00. The van der Waals surface area contributed by atoms with Gasteiger partial charge in [0, 0.05) is 0 Å². The van der Waals surface area contributed by atoms with E-state index in [0.717, 1.165) is 0 Å². The highest BCUT2D eigenvalue weighted by Gasteiger charge is 2.10. The van der Waals surface area contributed by atoms with Gasteiger partial charge in [-0.15, -0.1) is 0 Å². The molecule has 0 aliphatic heterocycles. The van der Waals surface area contributed by atoms with Crippen molar-refractivity contribution in [1.29, 1.82) is 0 Å². The van der Waals surface area contributed by atoms with Gasteiger partial charge in [0.05, 0.1) is 0 Å². The fourth-order valence-electron chi connectivity index (χ4n) is 2.11. The summed E-state index contributed by atoms with van der Waals surface area (Å²) in [5, 5.41) is 0. The van der Waals surface area contributed by atoms with Crippen LogP contribution in [0.3, 0.4) is 0 Å². The maximum atomic E-state index is 2.29. The Balaban J connectivity index is 3.26. The maximum absolute atomic E-state index is 2.29. The molecule has 0 aliphatic rings. The minimum absolute atomic E-state index is 0.634. The van der Waals surface area contributed by atoms with Gasteiger partial charge in [0.2, 0.25) is 0 Å². The SMILES string of the molecule is Cc1c(C(C)C)ccc(C(C)C)c1C. The van der Waals surface area contributed by atoms with Gasteiger partial charge in [-0.05, 0) is 47.9 Å². The average Bonchev–Trinajstić information content (AvgIpc) is 2.08. The third-order valence-corrected chi connectivity index (χ3v) is 3.11. The Bertz CT molecular complexity index is 286. The lowest BCUT2D eigenvalue weighted by atomic mass is 9.88. The molecule has 78 valence electrons. The van der Waals surface area contributed by atoms with E-state index < -0.39 is 0 Å². The Morgan fingerprint density at radius 2 is 1.00 bits per heavy atom. The molecule has 0 saturated carbocycles. The van der Waals surface area contributed by atoms with Gasteiger partial charge in [-0.1, -0.05) is 39.8 Å². The molecule has 0 aromatic heterocycles. The molecule has 1 rings (SSSR count). The second-order valence-electron chi connectivity index (χ2n) is 4.80. The first kappa shape index (κ1) is 11.3. The molecule has 1 aromatic carbocycles. The quantitative estimate of drug-likeness (QED) is 0.641. The molecule has 0 saturated heterocycles. The van der Waals surface area contributed by atoms with Gasteiger partial charge in [0.15, 0.2) is 0 Å². The van der Waals surface area contributed by atoms with Gasteiger partial charge in [0.1, 0.15) is 0 Å². The molecule has 1 aromatic rings. The molecular formula is C14H22. The van der Waals surface area contributed by atoms with Crippen LogP contribution < -0.4 is 0 Å². The monoisotopic (exact) mass is 190 g/mol. The van der Waals surface area contributed by atoms with Crippen molar-refractivity contribution in [2.45, 2.75) is 53.4 Å². The molecule has 0 unspecified atom stereocenters. The largest absolute Gasteiger partial charge is 0.0587 e. The molecule has 0 spiro atoms. The Hall–Kier alpha value is -0.780. The van der Waals surface area contributed by atoms with Gasteiger partial charge in [-0.3, -0.25) is 0 Å². The minimum Gasteiger partial charge on any atom is -0.0587 e. The third-order valence-electron chi connectivity index (χ3n) is 3.11. The predicted octanol–water partition coefficient (Wildman–Crippen LogP) is 4.55. The summed E-state index contributed by atoms with van der Waals surface area (Å²) in [4.78, 5) is 0. The smallest absolute Gasteiger partial charge is 0.0216 e. The molecule has 0 heteroatoms. The fraction of sp³-hybridized carbons (Fsp3) is 0.571. The van der Waals surface area contributed by atoms with E-state index in [2.05, 4.69) is 53.7 Å². The standard InChI is InChI=1S/C14H22/c1-9(2)13-7-8-14(10(3)4)12(6)11(13)5/h7-10H,1-6H3. The highest BCUT2D eigenvalue weighted by Crippen LogP contribution is 2.27. The number of rotatable bonds is 2. The van der Waals surface area contributed by atoms with Crippen molar-refractivity contribution in [3.05, 3.63) is 34.4 Å². The van der Waals surface area contributed by atoms with Crippen molar-refractivity contribution in [3.63, 3.8) is 0 Å². The molecule has 0 amide bonds. The molecule has 0 aliphatic carbocycles. The zero-order valence-corrected chi connectivity index (χ0v) is 10.3. The molecule has 14 heavy (non-hydrogen) atoms. The van der Waals surface area contributed by atoms with E-state index in [0.29, 0.717) is 11.8 Å². The second kappa shape index (κ2) is 4.16. The van der Waals surface area contributed by atoms with Crippen LogP contribution in [-0.2, 0) is 0 Å². The van der Waals surface area contributed by atoms with Gasteiger partial charge in [-0.25, -0.2) is 0 Å². The van der Waals surface area contributed by atoms with Crippen molar-refractivity contribution >= 4 is 0 Å². The summed E-state index contributed by atoms with van der Waals surface area (Å²) in [5.41, 5.74) is 5.94. The summed E-state index contributed by atoms with van der Waals surface area (Å²) in [6, 6.07) is 4.59. The molecule has 0 N–H and O–H groups in total. The highest BCUT2D eigenvalue weighted by atomic mass is 14.2. The topological polar surface area (TPSA) is 0 Å². The molecule has 0 heterocycles. The maximum Gasteiger partial charge on any atom is -0.0216 e. The van der Waals surface area contributed by atoms with Crippen LogP contribution in [0, 0.1) is 13.8 Å². The van der Waals surface area contributed by atoms with E-state index in [-0.39, 0.29) is 0 Å². The van der Waals surface area contributed by atoms with Crippen LogP contribution in [0.4, 0.5) is 0 Å². The van der Waals surface area contributed by atoms with Crippen LogP contribution >= 0.6 is 0 Å². The number of hydrogen-bond donors (Lipinski definition) is 0. The Kier molecular flexibility index (Phi) is 3.36. The van der Waals surface area contributed by atoms with E-state index >= 15 is 0 Å². The van der Waals surface area contributed by atoms with Gasteiger partial charge >= 0.3 is 0 Å². The zero-order valence-electron chi connectivity index (χ0n) is 10.3. The van der Waals surface area contributed by atoms with E-state index in [4.69, 9.17) is 0 Å². The van der Waals surface area contributed by atoms with Gasteiger partial charge in [0.25, 0.3) is 0 Å². The summed E-state index contributed by atoms with van der Waals surface area (Å²) < 4.78 is 0. The lowest BCUT2D eigenvalue weighted by molar-refractivity contribution is 0.825. The first-order valence-corrected chi connectivity index (χ1v) is 5.55. The van der Waals surface area contributed by atoms with Crippen molar-refractivity contribution < 1.29 is 0 Å². The van der Waals surface area contributed by atoms with Crippen LogP contribution in [0.5, 0.6) is 0 Å². The average molecular weight is 190 g/mol. The van der Waals surface area contributed by atoms with Crippen LogP contribution in [0.15, 0.2) is 12.1 Å². The fourth-order valence-corrected chi connectivity index (χ4v) is 2.11. The number of benzene rings is 1. The molecule has 0 radical (unpaired) electrons. The summed E-state index contributed by atoms with van der Waals surface area (Å²) in [6.45, 7) is 13.5. The summed E-state index contributed by atoms with van der Waals surface area (Å²) >= 11 is 0. The minimum atomic E-state index is 0.634. The van der Waals surface area contributed by atoms with Crippen LogP contribution in [0.1, 0.15) is 61.8 Å². The van der Waals surface area contributed by atoms with Crippen LogP contribution in [0.2, 0.25) is 0 Å². The van der Waals surface area contributed by atoms with E-state index in [1.54, 1.807) is 0 Å². The van der Waals surface area contributed by atoms with Crippen molar-refractivity contribution in [2.75, 3.05) is 0 Å². The Labute approximate surface area is 88.4 Å². The number of hydrogen-bond acceptors (Lipinski definition) is 0. The summed E-state index contributed by atoms with van der Waals surface area (Å²) in [6.07, 6.45) is 0. The highest BCUT2D eigenvalue weighted by molar-refractivity contribution is 5.42. The summed E-state index contributed by atoms with van der Waals surface area (Å²) in [7, 11) is 0. The first-order valence-electron chi connectivity index (χ1n) is 5.55. The Morgan fingerprint density at radius 3 is 1.21 bits per heavy atom. The summed E-state index contributed by atoms with van der Waals surface area (Å²) in [5.74, 6) is 1.27. The first-order chi connectivity index (χ1) is 6.45. The van der Waals surface area contributed by atoms with Crippen molar-refractivity contribution in [2.24, 2.45) is 0 Å². The van der Waals surface area contributed by atoms with E-state index in [1.165, 1.54) is 22.3 Å². The van der Waals surface area contributed by atoms with Crippen LogP contribution in [-0.4, -0.2) is 0 Å². The molecule has 0 nitrogen and oxygen atoms in total. The normalized spacial score (nSPS) is 11.4. The van der Waals surface area contributed by atoms with Crippen LogP contribution in [0.25, 0.3) is 0 Å². The van der Waals surface area contributed by atoms with E-state index in [1.807, 2.05) is 0 Å². The van der Waals surface area contributed by atoms with E-state index in [9.17, 15) is 0 Å². The zero-order chi connectivity index (χ0) is 10.9. The second-order valence-corrected chi connectivity index (χ2v) is 4.80. The van der Waals surface area contributed by atoms with Crippen molar-refractivity contribution in [3.8, 4) is 0 Å². The molecule has 0 fully saturated rings. The molecular weight excluding hydrogens is 168 g/mol. The van der Waals surface area contributed by atoms with Gasteiger partial charge < -0.3 is 0 Å². The molecule has 0 bridgehead atoms. The molecule has 0 atom stereocenters. The predicted molar refractivity (Wildman–Crippen MR) is 64.1 cm³/mol. The van der Waals surface area contributed by atoms with Crippen molar-refractivity contribution in [1.82, 2.24) is 0 Å². The Morgan fingerprint density at radius 1 is 0.714 bits per heavy atom. The van der Waals surface area contributed by atoms with Gasteiger partial charge in [-0.2, -0.15) is 0 Å². The third kappa shape index (κ3) is 2.00.